The first-order valence-electron chi connectivity index (χ1n) is 47.0. The molecule has 4 amide bonds. The van der Waals surface area contributed by atoms with Crippen LogP contribution in [0.5, 0.6) is 28.7 Å². The number of rotatable bonds is 44. The van der Waals surface area contributed by atoms with Gasteiger partial charge in [0.15, 0.2) is 0 Å². The van der Waals surface area contributed by atoms with Crippen LogP contribution >= 0.6 is 62.7 Å². The Morgan fingerprint density at radius 3 is 1.12 bits per heavy atom. The Bertz CT molecular complexity index is 6670. The van der Waals surface area contributed by atoms with Crippen LogP contribution in [0.4, 0.5) is 4.79 Å². The van der Waals surface area contributed by atoms with E-state index in [1.54, 1.807) is 162 Å². The molecule has 147 heavy (non-hydrogen) atoms. The van der Waals surface area contributed by atoms with Crippen LogP contribution in [0, 0.1) is 27.1 Å². The molecule has 2 fully saturated rings. The molecule has 4 aromatic heterocycles. The number of fused-ring (bicyclic) bond motifs is 7. The van der Waals surface area contributed by atoms with Crippen LogP contribution in [0.15, 0.2) is 216 Å². The minimum absolute atomic E-state index is 0.0340. The number of nitrogens with one attached hydrogen (secondary N) is 6. The number of esters is 5. The Balaban J connectivity index is 0.000000206. The minimum atomic E-state index is -0.655. The second kappa shape index (κ2) is 58.9. The number of benzene rings is 6. The van der Waals surface area contributed by atoms with Crippen molar-refractivity contribution in [3.63, 3.8) is 0 Å². The average Bonchev–Trinajstić information content (AvgIpc) is 1.33. The molecular weight excluding hydrogens is 2330 g/mol. The number of thioether (sulfide) groups is 1. The van der Waals surface area contributed by atoms with Crippen molar-refractivity contribution in [1.29, 1.82) is 0 Å². The Kier molecular flexibility index (Phi) is 48.5. The van der Waals surface area contributed by atoms with Crippen LogP contribution in [0.2, 0.25) is 26.6 Å². The number of aromatic nitrogens is 1. The van der Waals surface area contributed by atoms with E-state index in [-0.39, 0.29) is 108 Å². The molecule has 4 aliphatic rings. The topological polar surface area (TPSA) is 445 Å². The zero-order valence-corrected chi connectivity index (χ0v) is 98.2. The van der Waals surface area contributed by atoms with Crippen molar-refractivity contribution >= 4 is 240 Å². The van der Waals surface area contributed by atoms with Gasteiger partial charge in [0.1, 0.15) is 0 Å². The van der Waals surface area contributed by atoms with E-state index in [1.165, 1.54) is 50.2 Å². The number of carbonyl (C=O) groups excluding carboxylic acids is 9. The van der Waals surface area contributed by atoms with E-state index in [2.05, 4.69) is 50.4 Å². The molecule has 0 spiro atoms. The van der Waals surface area contributed by atoms with Crippen molar-refractivity contribution in [1.82, 2.24) is 36.9 Å². The van der Waals surface area contributed by atoms with Crippen LogP contribution in [-0.4, -0.2) is 211 Å². The first-order chi connectivity index (χ1) is 69.6. The summed E-state index contributed by atoms with van der Waals surface area (Å²) < 4.78 is 59.1. The predicted octanol–water partition coefficient (Wildman–Crippen LogP) is 17.4. The summed E-state index contributed by atoms with van der Waals surface area (Å²) in [6.07, 6.45) is 4.38. The number of alkyl carbamates (subject to hydrolysis) is 1. The van der Waals surface area contributed by atoms with Gasteiger partial charge in [-0.3, -0.25) is 0 Å². The van der Waals surface area contributed by atoms with Crippen molar-refractivity contribution in [2.24, 2.45) is 27.1 Å². The Labute approximate surface area is 905 Å². The van der Waals surface area contributed by atoms with Crippen LogP contribution < -0.4 is 83.5 Å². The van der Waals surface area contributed by atoms with Crippen molar-refractivity contribution in [3.05, 3.63) is 222 Å². The third-order valence-electron chi connectivity index (χ3n) is 21.0. The van der Waals surface area contributed by atoms with Gasteiger partial charge in [0, 0.05) is 0 Å². The molecule has 6 N–H and O–H groups in total. The normalized spacial score (nSPS) is 13.9. The third kappa shape index (κ3) is 42.1. The molecule has 1 aliphatic carbocycles. The van der Waals surface area contributed by atoms with E-state index < -0.39 is 61.3 Å². The summed E-state index contributed by atoms with van der Waals surface area (Å²) >= 11 is 3.10. The van der Waals surface area contributed by atoms with Crippen molar-refractivity contribution in [2.75, 3.05) is 60.7 Å². The van der Waals surface area contributed by atoms with E-state index in [9.17, 15) is 67.1 Å². The molecule has 1 unspecified atom stereocenters. The van der Waals surface area contributed by atoms with Crippen molar-refractivity contribution in [2.45, 2.75) is 192 Å². The SMILES string of the molecule is C=C1N[C@H]2CSC(CCCCC(=O)NCCS[Se]CC(C)(C)C(=O)Oc3ccc4ccc(=O)oc4c3)[C@H]2N1.CC(=O)NCCS[Se]CC(C)(C)C(=O)Oc1ccc2ccc(=O)oc2c1.CC(=O)NCCS[Se]CC(C)(C)C(=O)Oc1ccc2nc3ccc(=O)cc-3oc2c1.CC(C)(C)OC(=O)NCCS[Se]CC(C)(C)C(=O)Oc1ccc2ccc(=O)oc2c1.CCCS[Se]CC(C)(C)C(=O)Oc1ccc2ccc(=O)oc2c1. The van der Waals surface area contributed by atoms with Crippen LogP contribution in [0.1, 0.15) is 143 Å². The zero-order chi connectivity index (χ0) is 107. The molecule has 2 saturated heterocycles. The van der Waals surface area contributed by atoms with E-state index in [0.29, 0.717) is 159 Å². The maximum absolute atomic E-state index is 12.7. The third-order valence-corrected chi connectivity index (χ3v) is 47.7. The molecule has 3 atom stereocenters. The van der Waals surface area contributed by atoms with Gasteiger partial charge in [0.25, 0.3) is 0 Å². The molecule has 3 aliphatic heterocycles. The van der Waals surface area contributed by atoms with Crippen LogP contribution in [0.25, 0.3) is 66.4 Å². The Morgan fingerprint density at radius 2 is 0.755 bits per heavy atom. The van der Waals surface area contributed by atoms with Crippen LogP contribution in [0.3, 0.4) is 0 Å². The number of hydrogen-bond donors (Lipinski definition) is 6. The zero-order valence-electron chi connectivity index (χ0n) is 84.7. The van der Waals surface area contributed by atoms with Gasteiger partial charge >= 0.3 is 896 Å². The Hall–Kier alpha value is -9.37. The number of nitrogens with zero attached hydrogens (tertiary/aromatic N) is 1. The standard InChI is InChI=1S/C27H35N3O5S2Se.C21H22N2O5SSe.C21H27NO6SSe.C18H21NO5SSe.C17H20O4SSe/c1-17-29-20-15-36-22(25(20)30-17)6-4-5-7-23(31)28-12-13-37-38-16-27(2,3)26(33)34-19-10-8-18-9-11-24(32)35-21(18)14-19;1-13(24)22-8-9-29-30-12-21(2,3)20(26)27-15-5-7-17-19(11-15)28-18-10-14(25)4-6-16(18)23-17;1-20(2,3)28-19(25)22-10-11-29-30-13-21(4,5)18(24)26-15-8-6-14-7-9-17(23)27-16(14)12-15;1-12(20)19-8-9-25-26-11-18(2,3)17(22)23-14-6-4-13-5-7-16(21)24-15(13)10-14;1-4-9-22-23-11-17(2,3)16(19)20-13-7-5-12-6-8-15(18)21-14(12)10-13/h8-11,14,20,22,25,29-30H,1,4-7,12-13,15-16H2,2-3H3,(H,28,31);4-7,10-11H,8-9,12H2,1-3H3,(H,22,24);6-9,12H,10-11,13H2,1-5H3,(H,22,25);4-7,10H,8-9,11H2,1-3H3,(H,19,20);5-8,10H,4,9,11H2,1-3H3/t20-,22?,25-;;;;/m0..../s1. The summed E-state index contributed by atoms with van der Waals surface area (Å²) in [7, 11) is 8.87. The van der Waals surface area contributed by atoms with E-state index in [4.69, 9.17) is 50.5 Å². The molecule has 32 nitrogen and oxygen atoms in total. The Morgan fingerprint density at radius 1 is 0.415 bits per heavy atom. The first kappa shape index (κ1) is 121. The fourth-order valence-electron chi connectivity index (χ4n) is 12.7. The van der Waals surface area contributed by atoms with E-state index in [0.717, 1.165) is 92.9 Å². The molecule has 0 saturated carbocycles. The molecule has 9 aromatic rings. The summed E-state index contributed by atoms with van der Waals surface area (Å²) in [5, 5.41) is 25.4. The van der Waals surface area contributed by atoms with Gasteiger partial charge in [0.05, 0.1) is 5.82 Å². The molecule has 43 heteroatoms. The summed E-state index contributed by atoms with van der Waals surface area (Å²) in [6.45, 7) is 35.7. The van der Waals surface area contributed by atoms with E-state index in [1.807, 2.05) is 112 Å². The van der Waals surface area contributed by atoms with Crippen molar-refractivity contribution < 1.29 is 93.7 Å². The summed E-state index contributed by atoms with van der Waals surface area (Å²) in [4.78, 5) is 170. The molecular formula is C104H125N7O25S6Se5. The van der Waals surface area contributed by atoms with Gasteiger partial charge in [-0.15, -0.1) is 0 Å². The first-order valence-corrected chi connectivity index (χ1v) is 69.2. The molecule has 0 bridgehead atoms. The molecule has 5 aromatic carbocycles. The van der Waals surface area contributed by atoms with Crippen molar-refractivity contribution in [3.8, 4) is 40.2 Å². The monoisotopic (exact) mass is 2460 g/mol. The predicted molar refractivity (Wildman–Crippen MR) is 592 cm³/mol. The second-order valence-corrected chi connectivity index (χ2v) is 61.4. The maximum atomic E-state index is 12.7. The van der Waals surface area contributed by atoms with Gasteiger partial charge in [-0.1, -0.05) is 6.58 Å². The molecule has 13 rings (SSSR count). The molecule has 7 heterocycles. The van der Waals surface area contributed by atoms with Gasteiger partial charge in [-0.2, -0.15) is 0 Å². The number of unbranched alkanes of at least 4 members (excludes halogenated alkanes) is 1. The van der Waals surface area contributed by atoms with Gasteiger partial charge < -0.3 is 5.32 Å². The summed E-state index contributed by atoms with van der Waals surface area (Å²) in [5.74, 6) is 7.11. The fourth-order valence-corrected chi connectivity index (χ4v) is 37.6. The number of ether oxygens (including phenoxy) is 6. The second-order valence-electron chi connectivity index (χ2n) is 37.8. The molecule has 0 radical (unpaired) electrons. The summed E-state index contributed by atoms with van der Waals surface area (Å²) in [6, 6.07) is 42.6. The van der Waals surface area contributed by atoms with Gasteiger partial charge in [-0.05, 0) is 0 Å². The number of hydrogen-bond acceptors (Lipinski definition) is 34. The summed E-state index contributed by atoms with van der Waals surface area (Å²) in [5.41, 5.74) is -2.29. The number of amides is 4. The molecule has 792 valence electrons. The van der Waals surface area contributed by atoms with Gasteiger partial charge in [-0.25, -0.2) is 0 Å². The van der Waals surface area contributed by atoms with Gasteiger partial charge in [0.2, 0.25) is 0 Å². The fraction of sp³-hybridized carbons (Fsp3) is 0.433. The number of carbonyl (C=O) groups is 9. The quantitative estimate of drug-likeness (QED) is 0.00516. The average molecular weight is 2460 g/mol. The van der Waals surface area contributed by atoms with Crippen LogP contribution in [-0.2, 0) is 43.1 Å². The van der Waals surface area contributed by atoms with E-state index >= 15 is 0 Å².